The van der Waals surface area contributed by atoms with Crippen molar-refractivity contribution in [2.24, 2.45) is 5.10 Å². The van der Waals surface area contributed by atoms with E-state index in [4.69, 9.17) is 9.72 Å². The van der Waals surface area contributed by atoms with Crippen LogP contribution in [0.5, 0.6) is 5.75 Å². The monoisotopic (exact) mass is 733 g/mol. The molecule has 0 spiro atoms. The van der Waals surface area contributed by atoms with Crippen LogP contribution in [0.1, 0.15) is 11.1 Å². The van der Waals surface area contributed by atoms with Gasteiger partial charge in [0, 0.05) is 5.56 Å². The summed E-state index contributed by atoms with van der Waals surface area (Å²) in [7, 11) is 0. The molecule has 1 heterocycles. The van der Waals surface area contributed by atoms with Gasteiger partial charge in [-0.25, -0.2) is 4.98 Å². The second-order valence-electron chi connectivity index (χ2n) is 8.92. The first kappa shape index (κ1) is 25.7. The Hall–Kier alpha value is -3.57. The molecule has 0 N–H and O–H groups in total. The van der Waals surface area contributed by atoms with E-state index in [2.05, 4.69) is 80.6 Å². The van der Waals surface area contributed by atoms with Crippen molar-refractivity contribution < 1.29 is 4.74 Å². The molecule has 190 valence electrons. The highest BCUT2D eigenvalue weighted by Crippen LogP contribution is 2.30. The van der Waals surface area contributed by atoms with Crippen LogP contribution in [0.25, 0.3) is 33.1 Å². The molecule has 0 fully saturated rings. The summed E-state index contributed by atoms with van der Waals surface area (Å²) in [4.78, 5) is 18.2. The van der Waals surface area contributed by atoms with Crippen molar-refractivity contribution in [3.05, 3.63) is 138 Å². The lowest BCUT2D eigenvalue weighted by molar-refractivity contribution is 0.303. The summed E-state index contributed by atoms with van der Waals surface area (Å²) in [5.41, 5.74) is 3.25. The van der Waals surface area contributed by atoms with E-state index in [1.54, 1.807) is 12.3 Å². The zero-order valence-corrected chi connectivity index (χ0v) is 24.9. The van der Waals surface area contributed by atoms with Gasteiger partial charge in [-0.1, -0.05) is 84.9 Å². The first-order valence-corrected chi connectivity index (χ1v) is 14.4. The summed E-state index contributed by atoms with van der Waals surface area (Å²) in [5.74, 6) is 1.32. The van der Waals surface area contributed by atoms with Gasteiger partial charge in [0.2, 0.25) is 0 Å². The number of ether oxygens (including phenoxy) is 1. The minimum absolute atomic E-state index is 0.213. The molecule has 0 saturated heterocycles. The molecule has 0 atom stereocenters. The fraction of sp³-hybridized carbons (Fsp3) is 0.0312. The Labute approximate surface area is 252 Å². The summed E-state index contributed by atoms with van der Waals surface area (Å²) in [6.07, 6.45) is 1.70. The average molecular weight is 733 g/mol. The maximum absolute atomic E-state index is 13.4. The molecular weight excluding hydrogens is 712 g/mol. The van der Waals surface area contributed by atoms with E-state index in [9.17, 15) is 4.79 Å². The summed E-state index contributed by atoms with van der Waals surface area (Å²) in [5, 5.41) is 7.52. The van der Waals surface area contributed by atoms with Crippen molar-refractivity contribution in [1.82, 2.24) is 9.66 Å². The van der Waals surface area contributed by atoms with Gasteiger partial charge in [-0.2, -0.15) is 9.78 Å². The third kappa shape index (κ3) is 5.33. The van der Waals surface area contributed by atoms with Gasteiger partial charge in [-0.05, 0) is 91.3 Å². The molecule has 0 saturated carbocycles. The lowest BCUT2D eigenvalue weighted by Gasteiger charge is -2.13. The van der Waals surface area contributed by atoms with E-state index in [1.807, 2.05) is 72.8 Å². The van der Waals surface area contributed by atoms with Crippen LogP contribution in [0.15, 0.2) is 119 Å². The highest BCUT2D eigenvalue weighted by Gasteiger charge is 2.13. The molecule has 39 heavy (non-hydrogen) atoms. The molecular formula is C32H21I2N3O2. The molecule has 6 rings (SSSR count). The summed E-state index contributed by atoms with van der Waals surface area (Å²) in [6.45, 7) is 0.472. The number of halogens is 2. The van der Waals surface area contributed by atoms with Gasteiger partial charge in [0.25, 0.3) is 5.56 Å². The first-order valence-electron chi connectivity index (χ1n) is 12.3. The Morgan fingerprint density at radius 2 is 1.46 bits per heavy atom. The summed E-state index contributed by atoms with van der Waals surface area (Å²) < 4.78 is 9.61. The number of benzene rings is 5. The molecule has 0 radical (unpaired) electrons. The molecule has 5 nitrogen and oxygen atoms in total. The fourth-order valence-electron chi connectivity index (χ4n) is 4.49. The van der Waals surface area contributed by atoms with Crippen LogP contribution in [-0.4, -0.2) is 15.9 Å². The second-order valence-corrected chi connectivity index (χ2v) is 11.2. The van der Waals surface area contributed by atoms with Crippen molar-refractivity contribution >= 4 is 73.1 Å². The number of para-hydroxylation sites is 1. The third-order valence-electron chi connectivity index (χ3n) is 6.38. The molecule has 0 unspecified atom stereocenters. The first-order chi connectivity index (χ1) is 19.1. The molecule has 5 aromatic carbocycles. The van der Waals surface area contributed by atoms with Gasteiger partial charge in [0.05, 0.1) is 24.3 Å². The van der Waals surface area contributed by atoms with Gasteiger partial charge >= 0.3 is 0 Å². The Kier molecular flexibility index (Phi) is 7.43. The predicted octanol–water partition coefficient (Wildman–Crippen LogP) is 7.89. The molecule has 6 aromatic rings. The van der Waals surface area contributed by atoms with E-state index in [0.717, 1.165) is 29.6 Å². The smallest absolute Gasteiger partial charge is 0.282 e. The Balaban J connectivity index is 1.33. The van der Waals surface area contributed by atoms with Crippen molar-refractivity contribution in [1.29, 1.82) is 0 Å². The molecule has 1 aromatic heterocycles. The van der Waals surface area contributed by atoms with Gasteiger partial charge in [0.15, 0.2) is 5.82 Å². The largest absolute Gasteiger partial charge is 0.487 e. The van der Waals surface area contributed by atoms with Crippen LogP contribution in [0.2, 0.25) is 0 Å². The highest BCUT2D eigenvalue weighted by atomic mass is 127. The Morgan fingerprint density at radius 1 is 0.795 bits per heavy atom. The molecule has 0 amide bonds. The standard InChI is InChI=1S/C32H21I2N3O2/c33-27-17-21(18-28(34)30(27)39-20-24-13-8-12-22-9-4-5-14-25(22)24)19-35-37-31(23-10-2-1-3-11-23)36-29-16-7-6-15-26(29)32(37)38/h1-19H,20H2. The molecule has 0 aliphatic carbocycles. The van der Waals surface area contributed by atoms with E-state index in [-0.39, 0.29) is 5.56 Å². The highest BCUT2D eigenvalue weighted by molar-refractivity contribution is 14.1. The lowest BCUT2D eigenvalue weighted by Crippen LogP contribution is -2.20. The van der Waals surface area contributed by atoms with Crippen LogP contribution in [-0.2, 0) is 6.61 Å². The van der Waals surface area contributed by atoms with Crippen LogP contribution in [0.3, 0.4) is 0 Å². The lowest BCUT2D eigenvalue weighted by atomic mass is 10.1. The number of rotatable bonds is 6. The quantitative estimate of drug-likeness (QED) is 0.129. The van der Waals surface area contributed by atoms with Crippen LogP contribution >= 0.6 is 45.2 Å². The van der Waals surface area contributed by atoms with Gasteiger partial charge < -0.3 is 4.74 Å². The minimum atomic E-state index is -0.213. The molecule has 0 aliphatic heterocycles. The van der Waals surface area contributed by atoms with Crippen molar-refractivity contribution in [2.75, 3.05) is 0 Å². The minimum Gasteiger partial charge on any atom is -0.487 e. The third-order valence-corrected chi connectivity index (χ3v) is 7.98. The second kappa shape index (κ2) is 11.3. The van der Waals surface area contributed by atoms with E-state index < -0.39 is 0 Å². The van der Waals surface area contributed by atoms with Crippen LogP contribution in [0.4, 0.5) is 0 Å². The fourth-order valence-corrected chi connectivity index (χ4v) is 6.62. The van der Waals surface area contributed by atoms with E-state index in [1.165, 1.54) is 15.4 Å². The Morgan fingerprint density at radius 3 is 2.26 bits per heavy atom. The molecule has 0 aliphatic rings. The Bertz CT molecular complexity index is 1890. The van der Waals surface area contributed by atoms with Crippen LogP contribution in [0, 0.1) is 7.14 Å². The van der Waals surface area contributed by atoms with Crippen LogP contribution < -0.4 is 10.3 Å². The van der Waals surface area contributed by atoms with Crippen molar-refractivity contribution in [3.63, 3.8) is 0 Å². The number of hydrogen-bond acceptors (Lipinski definition) is 4. The zero-order valence-electron chi connectivity index (χ0n) is 20.6. The normalized spacial score (nSPS) is 11.4. The van der Waals surface area contributed by atoms with Crippen molar-refractivity contribution in [2.45, 2.75) is 6.61 Å². The maximum atomic E-state index is 13.4. The SMILES string of the molecule is O=c1c2ccccc2nc(-c2ccccc2)n1N=Cc1cc(I)c(OCc2cccc3ccccc23)c(I)c1. The summed E-state index contributed by atoms with van der Waals surface area (Å²) >= 11 is 4.58. The molecule has 7 heteroatoms. The summed E-state index contributed by atoms with van der Waals surface area (Å²) in [6, 6.07) is 35.6. The average Bonchev–Trinajstić information content (AvgIpc) is 2.96. The molecule has 0 bridgehead atoms. The maximum Gasteiger partial charge on any atom is 0.282 e. The number of hydrogen-bond donors (Lipinski definition) is 0. The predicted molar refractivity (Wildman–Crippen MR) is 175 cm³/mol. The number of aromatic nitrogens is 2. The van der Waals surface area contributed by atoms with Crippen molar-refractivity contribution in [3.8, 4) is 17.1 Å². The van der Waals surface area contributed by atoms with E-state index >= 15 is 0 Å². The van der Waals surface area contributed by atoms with Gasteiger partial charge in [-0.15, -0.1) is 0 Å². The van der Waals surface area contributed by atoms with E-state index in [0.29, 0.717) is 23.3 Å². The zero-order chi connectivity index (χ0) is 26.8. The van der Waals surface area contributed by atoms with Gasteiger partial charge in [-0.3, -0.25) is 4.79 Å². The number of fused-ring (bicyclic) bond motifs is 2. The number of nitrogens with zero attached hydrogens (tertiary/aromatic N) is 3. The topological polar surface area (TPSA) is 56.5 Å². The van der Waals surface area contributed by atoms with Gasteiger partial charge in [0.1, 0.15) is 12.4 Å².